The van der Waals surface area contributed by atoms with Crippen LogP contribution >= 0.6 is 0 Å². The number of hydrogen-bond donors (Lipinski definition) is 4. The zero-order chi connectivity index (χ0) is 26.6. The summed E-state index contributed by atoms with van der Waals surface area (Å²) in [5, 5.41) is 41.5. The van der Waals surface area contributed by atoms with Crippen molar-refractivity contribution in [3.8, 4) is 46.0 Å². The molecule has 0 amide bonds. The van der Waals surface area contributed by atoms with Crippen LogP contribution < -0.4 is 14.2 Å². The van der Waals surface area contributed by atoms with Crippen LogP contribution in [0.1, 0.15) is 46.3 Å². The zero-order valence-electron chi connectivity index (χ0n) is 20.7. The molecule has 194 valence electrons. The monoisotopic (exact) mass is 514 g/mol. The van der Waals surface area contributed by atoms with Gasteiger partial charge in [-0.2, -0.15) is 0 Å². The number of benzene rings is 4. The van der Waals surface area contributed by atoms with Crippen LogP contribution in [-0.4, -0.2) is 34.6 Å². The van der Waals surface area contributed by atoms with Crippen LogP contribution in [0.3, 0.4) is 0 Å². The predicted octanol–water partition coefficient (Wildman–Crippen LogP) is 6.01. The molecule has 0 spiro atoms. The van der Waals surface area contributed by atoms with Crippen molar-refractivity contribution in [3.63, 3.8) is 0 Å². The van der Waals surface area contributed by atoms with Crippen LogP contribution in [0.2, 0.25) is 0 Å². The highest BCUT2D eigenvalue weighted by Gasteiger charge is 2.48. The summed E-state index contributed by atoms with van der Waals surface area (Å²) in [6, 6.07) is 20.0. The maximum Gasteiger partial charge on any atom is 0.169 e. The summed E-state index contributed by atoms with van der Waals surface area (Å²) in [5.74, 6) is 0.757. The molecule has 8 nitrogen and oxygen atoms in total. The molecule has 4 atom stereocenters. The standard InChI is InChI=1S/C30H26O8/c1-35-23-5-3-15-11-25(23)37-26-12-16(4-6-24(26)36-2)30-28(18-9-21(33)14-22(34)10-18)27(29(15)38-30)17-7-19(31)13-20(32)8-17/h3-14,27-34H,1-2H3. The van der Waals surface area contributed by atoms with E-state index in [4.69, 9.17) is 18.9 Å². The van der Waals surface area contributed by atoms with Crippen molar-refractivity contribution in [1.29, 1.82) is 0 Å². The maximum atomic E-state index is 10.4. The van der Waals surface area contributed by atoms with Crippen molar-refractivity contribution in [2.24, 2.45) is 0 Å². The smallest absolute Gasteiger partial charge is 0.169 e. The second-order valence-electron chi connectivity index (χ2n) is 9.52. The van der Waals surface area contributed by atoms with Crippen LogP contribution in [0, 0.1) is 0 Å². The van der Waals surface area contributed by atoms with Crippen LogP contribution in [-0.2, 0) is 4.74 Å². The van der Waals surface area contributed by atoms with E-state index < -0.39 is 24.0 Å². The van der Waals surface area contributed by atoms with Crippen molar-refractivity contribution in [1.82, 2.24) is 0 Å². The molecular weight excluding hydrogens is 488 g/mol. The molecule has 8 heteroatoms. The molecule has 4 aromatic carbocycles. The van der Waals surface area contributed by atoms with E-state index in [9.17, 15) is 20.4 Å². The molecule has 2 aliphatic heterocycles. The van der Waals surface area contributed by atoms with Crippen LogP contribution in [0.4, 0.5) is 0 Å². The van der Waals surface area contributed by atoms with Gasteiger partial charge in [0.15, 0.2) is 23.0 Å². The molecule has 2 heterocycles. The Morgan fingerprint density at radius 1 is 0.526 bits per heavy atom. The second-order valence-corrected chi connectivity index (χ2v) is 9.52. The summed E-state index contributed by atoms with van der Waals surface area (Å²) in [5.41, 5.74) is 2.84. The molecule has 0 radical (unpaired) electrons. The Labute approximate surface area is 218 Å². The minimum absolute atomic E-state index is 0.0884. The summed E-state index contributed by atoms with van der Waals surface area (Å²) in [4.78, 5) is 0. The van der Waals surface area contributed by atoms with Crippen molar-refractivity contribution >= 4 is 0 Å². The third-order valence-electron chi connectivity index (χ3n) is 7.20. The van der Waals surface area contributed by atoms with Crippen LogP contribution in [0.25, 0.3) is 0 Å². The molecule has 0 aromatic heterocycles. The van der Waals surface area contributed by atoms with E-state index in [1.54, 1.807) is 50.6 Å². The molecule has 6 bridgehead atoms. The molecule has 38 heavy (non-hydrogen) atoms. The lowest BCUT2D eigenvalue weighted by Gasteiger charge is -2.26. The minimum Gasteiger partial charge on any atom is -0.508 e. The topological polar surface area (TPSA) is 118 Å². The Kier molecular flexibility index (Phi) is 5.69. The van der Waals surface area contributed by atoms with Crippen molar-refractivity contribution < 1.29 is 39.4 Å². The third-order valence-corrected chi connectivity index (χ3v) is 7.20. The Morgan fingerprint density at radius 3 is 1.29 bits per heavy atom. The van der Waals surface area contributed by atoms with E-state index in [-0.39, 0.29) is 23.0 Å². The Bertz CT molecular complexity index is 1380. The largest absolute Gasteiger partial charge is 0.508 e. The summed E-state index contributed by atoms with van der Waals surface area (Å²) in [6.45, 7) is 0. The quantitative estimate of drug-likeness (QED) is 0.261. The van der Waals surface area contributed by atoms with E-state index in [1.807, 2.05) is 24.3 Å². The highest BCUT2D eigenvalue weighted by Crippen LogP contribution is 2.61. The number of phenolic OH excluding ortho intramolecular Hbond substituents is 4. The molecule has 1 saturated heterocycles. The first-order valence-electron chi connectivity index (χ1n) is 12.1. The first-order valence-corrected chi connectivity index (χ1v) is 12.1. The average Bonchev–Trinajstić information content (AvgIpc) is 3.28. The fraction of sp³-hybridized carbons (Fsp3) is 0.200. The number of hydrogen-bond acceptors (Lipinski definition) is 8. The molecule has 1 fully saturated rings. The molecule has 6 rings (SSSR count). The summed E-state index contributed by atoms with van der Waals surface area (Å²) < 4.78 is 24.2. The Hall–Kier alpha value is -4.56. The van der Waals surface area contributed by atoms with Gasteiger partial charge < -0.3 is 39.4 Å². The van der Waals surface area contributed by atoms with Gasteiger partial charge in [0.2, 0.25) is 0 Å². The van der Waals surface area contributed by atoms with Gasteiger partial charge >= 0.3 is 0 Å². The van der Waals surface area contributed by atoms with E-state index in [0.29, 0.717) is 34.1 Å². The van der Waals surface area contributed by atoms with E-state index in [0.717, 1.165) is 11.1 Å². The van der Waals surface area contributed by atoms with Gasteiger partial charge in [0.25, 0.3) is 0 Å². The number of aromatic hydroxyl groups is 4. The van der Waals surface area contributed by atoms with Gasteiger partial charge in [0, 0.05) is 24.0 Å². The number of rotatable bonds is 4. The Balaban J connectivity index is 1.65. The van der Waals surface area contributed by atoms with Gasteiger partial charge in [-0.15, -0.1) is 0 Å². The van der Waals surface area contributed by atoms with Gasteiger partial charge in [-0.1, -0.05) is 12.1 Å². The fourth-order valence-corrected chi connectivity index (χ4v) is 5.68. The molecule has 0 saturated carbocycles. The molecule has 4 unspecified atom stereocenters. The lowest BCUT2D eigenvalue weighted by atomic mass is 9.75. The highest BCUT2D eigenvalue weighted by atomic mass is 16.5. The highest BCUT2D eigenvalue weighted by molar-refractivity contribution is 5.54. The first kappa shape index (κ1) is 23.8. The van der Waals surface area contributed by atoms with Gasteiger partial charge in [0.1, 0.15) is 23.0 Å². The summed E-state index contributed by atoms with van der Waals surface area (Å²) in [7, 11) is 3.12. The van der Waals surface area contributed by atoms with Gasteiger partial charge in [0.05, 0.1) is 26.4 Å². The molecule has 4 N–H and O–H groups in total. The normalized spacial score (nSPS) is 21.4. The number of fused-ring (bicyclic) bond motifs is 8. The number of methoxy groups -OCH3 is 2. The molecular formula is C30H26O8. The van der Waals surface area contributed by atoms with Gasteiger partial charge in [-0.25, -0.2) is 0 Å². The van der Waals surface area contributed by atoms with Crippen molar-refractivity contribution in [2.75, 3.05) is 14.2 Å². The number of ether oxygens (including phenoxy) is 4. The number of phenols is 4. The van der Waals surface area contributed by atoms with Gasteiger partial charge in [-0.05, 0) is 70.8 Å². The SMILES string of the molecule is COc1ccc2cc1Oc1cc(ccc1OC)C1OC2C(c2cc(O)cc(O)c2)C1c1cc(O)cc(O)c1. The van der Waals surface area contributed by atoms with E-state index >= 15 is 0 Å². The lowest BCUT2D eigenvalue weighted by Crippen LogP contribution is -2.14. The van der Waals surface area contributed by atoms with Crippen molar-refractivity contribution in [2.45, 2.75) is 24.0 Å². The molecule has 4 aromatic rings. The average molecular weight is 515 g/mol. The third kappa shape index (κ3) is 3.99. The predicted molar refractivity (Wildman–Crippen MR) is 138 cm³/mol. The first-order chi connectivity index (χ1) is 18.3. The Morgan fingerprint density at radius 2 is 0.921 bits per heavy atom. The van der Waals surface area contributed by atoms with Gasteiger partial charge in [-0.3, -0.25) is 0 Å². The second kappa shape index (κ2) is 9.08. The van der Waals surface area contributed by atoms with Crippen LogP contribution in [0.15, 0.2) is 72.8 Å². The summed E-state index contributed by atoms with van der Waals surface area (Å²) >= 11 is 0. The fourth-order valence-electron chi connectivity index (χ4n) is 5.68. The van der Waals surface area contributed by atoms with E-state index in [1.165, 1.54) is 12.1 Å². The molecule has 0 aliphatic carbocycles. The molecule has 2 aliphatic rings. The van der Waals surface area contributed by atoms with E-state index in [2.05, 4.69) is 0 Å². The lowest BCUT2D eigenvalue weighted by molar-refractivity contribution is 0.0362. The zero-order valence-corrected chi connectivity index (χ0v) is 20.7. The van der Waals surface area contributed by atoms with Crippen LogP contribution in [0.5, 0.6) is 46.0 Å². The maximum absolute atomic E-state index is 10.4. The minimum atomic E-state index is -0.549. The van der Waals surface area contributed by atoms with Crippen molar-refractivity contribution in [3.05, 3.63) is 95.1 Å². The summed E-state index contributed by atoms with van der Waals surface area (Å²) in [6.07, 6.45) is -1.10.